The minimum absolute atomic E-state index is 0.0417. The van der Waals surface area contributed by atoms with E-state index in [1.165, 1.54) is 30.3 Å². The second-order valence-corrected chi connectivity index (χ2v) is 7.27. The van der Waals surface area contributed by atoms with Crippen LogP contribution in [-0.2, 0) is 6.42 Å². The first-order valence-corrected chi connectivity index (χ1v) is 10.4. The molecule has 0 bridgehead atoms. The molecule has 1 nitrogen and oxygen atoms in total. The van der Waals surface area contributed by atoms with E-state index in [0.717, 1.165) is 31.2 Å². The number of unbranched alkanes of at least 4 members (excludes halogenated alkanes) is 2. The van der Waals surface area contributed by atoms with Gasteiger partial charge in [0.25, 0.3) is 0 Å². The molecule has 0 saturated heterocycles. The van der Waals surface area contributed by atoms with Crippen LogP contribution in [0.15, 0.2) is 59.6 Å². The number of nitrogens with zero attached hydrogens (tertiary/aromatic N) is 1. The average molecular weight is 436 g/mol. The fraction of sp³-hybridized carbons (Fsp3) is 0.192. The molecule has 0 heterocycles. The first-order valence-electron chi connectivity index (χ1n) is 9.99. The molecule has 0 amide bonds. The summed E-state index contributed by atoms with van der Waals surface area (Å²) < 4.78 is 43.0. The molecule has 0 unspecified atom stereocenters. The van der Waals surface area contributed by atoms with Crippen molar-refractivity contribution < 1.29 is 13.2 Å². The van der Waals surface area contributed by atoms with Gasteiger partial charge in [0, 0.05) is 11.1 Å². The Bertz CT molecular complexity index is 1200. The maximum Gasteiger partial charge on any atom is 0.150 e. The summed E-state index contributed by atoms with van der Waals surface area (Å²) in [6.07, 6.45) is 4.09. The smallest absolute Gasteiger partial charge is 0.150 e. The van der Waals surface area contributed by atoms with E-state index in [2.05, 4.69) is 41.1 Å². The van der Waals surface area contributed by atoms with Crippen LogP contribution in [0.2, 0.25) is 0 Å². The zero-order chi connectivity index (χ0) is 22.2. The first-order chi connectivity index (χ1) is 15.0. The number of aliphatic imine (C=N–C) groups is 1. The van der Waals surface area contributed by atoms with E-state index >= 15 is 0 Å². The third-order valence-corrected chi connectivity index (χ3v) is 4.93. The van der Waals surface area contributed by atoms with Gasteiger partial charge in [-0.05, 0) is 72.6 Å². The highest BCUT2D eigenvalue weighted by atomic mass is 32.1. The predicted molar refractivity (Wildman–Crippen MR) is 122 cm³/mol. The van der Waals surface area contributed by atoms with Crippen molar-refractivity contribution in [3.8, 4) is 23.0 Å². The second-order valence-electron chi connectivity index (χ2n) is 7.09. The summed E-state index contributed by atoms with van der Waals surface area (Å²) >= 11 is 4.47. The number of hydrogen-bond donors (Lipinski definition) is 0. The minimum Gasteiger partial charge on any atom is -0.206 e. The molecule has 0 N–H and O–H groups in total. The number of benzene rings is 3. The Hall–Kier alpha value is -3.19. The number of thiocarbonyl (C=S) groups is 1. The van der Waals surface area contributed by atoms with Gasteiger partial charge in [-0.1, -0.05) is 49.8 Å². The van der Waals surface area contributed by atoms with Gasteiger partial charge in [0.15, 0.2) is 0 Å². The number of rotatable bonds is 6. The molecule has 0 fully saturated rings. The normalized spacial score (nSPS) is 10.2. The maximum atomic E-state index is 14.6. The molecular weight excluding hydrogens is 415 g/mol. The number of aryl methyl sites for hydroxylation is 1. The van der Waals surface area contributed by atoms with Crippen molar-refractivity contribution in [1.29, 1.82) is 0 Å². The summed E-state index contributed by atoms with van der Waals surface area (Å²) in [7, 11) is 0. The average Bonchev–Trinajstić information content (AvgIpc) is 2.75. The minimum atomic E-state index is -0.619. The summed E-state index contributed by atoms with van der Waals surface area (Å²) in [5.41, 5.74) is 2.24. The van der Waals surface area contributed by atoms with Gasteiger partial charge in [-0.2, -0.15) is 4.99 Å². The van der Waals surface area contributed by atoms with E-state index in [9.17, 15) is 13.2 Å². The lowest BCUT2D eigenvalue weighted by molar-refractivity contribution is 0.619. The SMILES string of the molecule is CCCCCc1ccc(C#Cc2ccc(-c3ccc(N=C=S)c(F)c3)c(F)c2)c(F)c1. The fourth-order valence-corrected chi connectivity index (χ4v) is 3.27. The molecule has 0 atom stereocenters. The van der Waals surface area contributed by atoms with Crippen molar-refractivity contribution in [2.45, 2.75) is 32.6 Å². The summed E-state index contributed by atoms with van der Waals surface area (Å²) in [6.45, 7) is 2.13. The topological polar surface area (TPSA) is 12.4 Å². The summed E-state index contributed by atoms with van der Waals surface area (Å²) in [5.74, 6) is 4.00. The van der Waals surface area contributed by atoms with Crippen molar-refractivity contribution >= 4 is 23.1 Å². The largest absolute Gasteiger partial charge is 0.206 e. The second kappa shape index (κ2) is 10.7. The lowest BCUT2D eigenvalue weighted by Gasteiger charge is -2.05. The van der Waals surface area contributed by atoms with E-state index in [1.807, 2.05) is 6.07 Å². The van der Waals surface area contributed by atoms with Crippen molar-refractivity contribution in [2.75, 3.05) is 0 Å². The van der Waals surface area contributed by atoms with Crippen LogP contribution in [0.25, 0.3) is 11.1 Å². The molecule has 3 rings (SSSR count). The van der Waals surface area contributed by atoms with Crippen molar-refractivity contribution in [2.24, 2.45) is 4.99 Å². The summed E-state index contributed by atoms with van der Waals surface area (Å²) in [6, 6.07) is 13.6. The van der Waals surface area contributed by atoms with E-state index in [-0.39, 0.29) is 22.6 Å². The molecule has 0 aromatic heterocycles. The molecule has 0 aliphatic heterocycles. The Morgan fingerprint density at radius 3 is 2.35 bits per heavy atom. The zero-order valence-electron chi connectivity index (χ0n) is 17.0. The monoisotopic (exact) mass is 435 g/mol. The number of halogens is 3. The molecule has 0 saturated carbocycles. The molecule has 0 aliphatic rings. The van der Waals surface area contributed by atoms with Crippen LogP contribution < -0.4 is 0 Å². The van der Waals surface area contributed by atoms with Gasteiger partial charge >= 0.3 is 0 Å². The molecular formula is C26H20F3NS. The lowest BCUT2D eigenvalue weighted by Crippen LogP contribution is -1.91. The highest BCUT2D eigenvalue weighted by molar-refractivity contribution is 7.78. The molecule has 0 radical (unpaired) electrons. The number of hydrogen-bond acceptors (Lipinski definition) is 2. The van der Waals surface area contributed by atoms with Crippen LogP contribution in [0, 0.1) is 29.3 Å². The summed E-state index contributed by atoms with van der Waals surface area (Å²) in [4.78, 5) is 3.61. The molecule has 3 aromatic carbocycles. The third-order valence-electron chi connectivity index (χ3n) is 4.84. The van der Waals surface area contributed by atoms with E-state index in [0.29, 0.717) is 11.1 Å². The standard InChI is InChI=1S/C26H20F3NS/c1-2-3-4-5-18-6-9-20(23(27)14-18)10-7-19-8-12-22(24(28)15-19)21-11-13-26(30-17-31)25(29)16-21/h6,8-9,11-16H,2-5H2,1H3. The van der Waals surface area contributed by atoms with Gasteiger partial charge in [0.2, 0.25) is 0 Å². The van der Waals surface area contributed by atoms with E-state index in [4.69, 9.17) is 0 Å². The Morgan fingerprint density at radius 1 is 0.839 bits per heavy atom. The highest BCUT2D eigenvalue weighted by Gasteiger charge is 2.09. The van der Waals surface area contributed by atoms with Crippen LogP contribution in [0.1, 0.15) is 42.9 Å². The van der Waals surface area contributed by atoms with Crippen molar-refractivity contribution in [1.82, 2.24) is 0 Å². The van der Waals surface area contributed by atoms with Crippen LogP contribution in [0.3, 0.4) is 0 Å². The molecule has 0 spiro atoms. The molecule has 0 aliphatic carbocycles. The molecule has 5 heteroatoms. The lowest BCUT2D eigenvalue weighted by atomic mass is 10.0. The zero-order valence-corrected chi connectivity index (χ0v) is 17.8. The van der Waals surface area contributed by atoms with Crippen LogP contribution in [0.5, 0.6) is 0 Å². The first kappa shape index (κ1) is 22.5. The van der Waals surface area contributed by atoms with Gasteiger partial charge in [0.1, 0.15) is 23.1 Å². The Kier molecular flexibility index (Phi) is 7.78. The Morgan fingerprint density at radius 2 is 1.68 bits per heavy atom. The maximum absolute atomic E-state index is 14.6. The van der Waals surface area contributed by atoms with E-state index < -0.39 is 11.6 Å². The van der Waals surface area contributed by atoms with Gasteiger partial charge in [0.05, 0.1) is 10.7 Å². The quantitative estimate of drug-likeness (QED) is 0.168. The molecule has 3 aromatic rings. The number of isothiocyanates is 1. The Balaban J connectivity index is 1.80. The molecule has 31 heavy (non-hydrogen) atoms. The van der Waals surface area contributed by atoms with Crippen molar-refractivity contribution in [3.63, 3.8) is 0 Å². The highest BCUT2D eigenvalue weighted by Crippen LogP contribution is 2.28. The van der Waals surface area contributed by atoms with Crippen LogP contribution >= 0.6 is 12.2 Å². The van der Waals surface area contributed by atoms with Crippen molar-refractivity contribution in [3.05, 3.63) is 88.7 Å². The van der Waals surface area contributed by atoms with Gasteiger partial charge in [-0.25, -0.2) is 13.2 Å². The van der Waals surface area contributed by atoms with Crippen LogP contribution in [0.4, 0.5) is 18.9 Å². The predicted octanol–water partition coefficient (Wildman–Crippen LogP) is 7.64. The van der Waals surface area contributed by atoms with Gasteiger partial charge in [-0.3, -0.25) is 0 Å². The van der Waals surface area contributed by atoms with Gasteiger partial charge < -0.3 is 0 Å². The summed E-state index contributed by atoms with van der Waals surface area (Å²) in [5, 5.41) is 2.10. The Labute approximate surface area is 185 Å². The van der Waals surface area contributed by atoms with E-state index in [1.54, 1.807) is 18.2 Å². The fourth-order valence-electron chi connectivity index (χ4n) is 3.18. The molecule has 156 valence electrons. The van der Waals surface area contributed by atoms with Crippen LogP contribution in [-0.4, -0.2) is 5.16 Å². The third kappa shape index (κ3) is 5.92. The van der Waals surface area contributed by atoms with Gasteiger partial charge in [-0.15, -0.1) is 0 Å².